The maximum absolute atomic E-state index is 6.06. The van der Waals surface area contributed by atoms with Gasteiger partial charge in [-0.2, -0.15) is 5.10 Å². The van der Waals surface area contributed by atoms with Crippen molar-refractivity contribution in [3.05, 3.63) is 9.26 Å². The van der Waals surface area contributed by atoms with Crippen LogP contribution in [0.3, 0.4) is 0 Å². The molecule has 1 aromatic rings. The van der Waals surface area contributed by atoms with Crippen LogP contribution in [0.1, 0.15) is 46.2 Å². The van der Waals surface area contributed by atoms with Crippen LogP contribution in [0.5, 0.6) is 0 Å². The Bertz CT molecular complexity index is 350. The number of rotatable bonds is 4. The topological polar surface area (TPSA) is 43.8 Å². The molecule has 1 heterocycles. The zero-order valence-electron chi connectivity index (χ0n) is 10.7. The molecule has 0 saturated carbocycles. The predicted molar refractivity (Wildman–Crippen MR) is 77.4 cm³/mol. The van der Waals surface area contributed by atoms with Gasteiger partial charge in [0.05, 0.1) is 9.26 Å². The summed E-state index contributed by atoms with van der Waals surface area (Å²) >= 11 is 2.31. The normalized spacial score (nSPS) is 12.1. The van der Waals surface area contributed by atoms with Gasteiger partial charge in [-0.3, -0.25) is 0 Å². The summed E-state index contributed by atoms with van der Waals surface area (Å²) in [6, 6.07) is 0. The lowest BCUT2D eigenvalue weighted by atomic mass is 9.91. The summed E-state index contributed by atoms with van der Waals surface area (Å²) < 4.78 is 3.08. The molecule has 0 aliphatic rings. The van der Waals surface area contributed by atoms with E-state index in [1.54, 1.807) is 0 Å². The van der Waals surface area contributed by atoms with Crippen LogP contribution in [-0.4, -0.2) is 9.78 Å². The molecule has 0 aliphatic heterocycles. The van der Waals surface area contributed by atoms with Crippen molar-refractivity contribution in [1.82, 2.24) is 9.78 Å². The Hall–Kier alpha value is -0.260. The highest BCUT2D eigenvalue weighted by Crippen LogP contribution is 2.26. The third-order valence-electron chi connectivity index (χ3n) is 2.42. The number of nitrogens with two attached hydrogens (primary N) is 1. The number of nitrogens with zero attached hydrogens (tertiary/aromatic N) is 2. The Morgan fingerprint density at radius 3 is 2.50 bits per heavy atom. The SMILES string of the molecule is CCCCn1nc(CC(C)(C)C)c(I)c1N. The van der Waals surface area contributed by atoms with Crippen molar-refractivity contribution in [2.24, 2.45) is 5.41 Å². The number of nitrogen functional groups attached to an aromatic ring is 1. The standard InChI is InChI=1S/C12H22IN3/c1-5-6-7-16-11(14)10(13)9(15-16)8-12(2,3)4/h5-8,14H2,1-4H3. The van der Waals surface area contributed by atoms with E-state index in [-0.39, 0.29) is 5.41 Å². The summed E-state index contributed by atoms with van der Waals surface area (Å²) in [6.45, 7) is 9.79. The largest absolute Gasteiger partial charge is 0.383 e. The van der Waals surface area contributed by atoms with Crippen LogP contribution in [0.25, 0.3) is 0 Å². The van der Waals surface area contributed by atoms with Crippen molar-refractivity contribution < 1.29 is 0 Å². The lowest BCUT2D eigenvalue weighted by Crippen LogP contribution is -2.11. The molecule has 0 spiro atoms. The fourth-order valence-electron chi connectivity index (χ4n) is 1.60. The number of aryl methyl sites for hydroxylation is 1. The lowest BCUT2D eigenvalue weighted by molar-refractivity contribution is 0.402. The minimum Gasteiger partial charge on any atom is -0.383 e. The monoisotopic (exact) mass is 335 g/mol. The summed E-state index contributed by atoms with van der Waals surface area (Å²) in [6.07, 6.45) is 3.29. The summed E-state index contributed by atoms with van der Waals surface area (Å²) in [5.41, 5.74) is 7.46. The quantitative estimate of drug-likeness (QED) is 0.857. The highest BCUT2D eigenvalue weighted by molar-refractivity contribution is 14.1. The first-order valence-electron chi connectivity index (χ1n) is 5.86. The molecule has 0 bridgehead atoms. The summed E-state index contributed by atoms with van der Waals surface area (Å²) in [5.74, 6) is 0.827. The van der Waals surface area contributed by atoms with Gasteiger partial charge < -0.3 is 5.73 Å². The molecule has 1 aromatic heterocycles. The van der Waals surface area contributed by atoms with Gasteiger partial charge in [0.25, 0.3) is 0 Å². The van der Waals surface area contributed by atoms with Crippen LogP contribution < -0.4 is 5.73 Å². The molecule has 92 valence electrons. The molecule has 0 fully saturated rings. The van der Waals surface area contributed by atoms with Gasteiger partial charge in [0, 0.05) is 6.54 Å². The number of hydrogen-bond acceptors (Lipinski definition) is 2. The molecule has 2 N–H and O–H groups in total. The molecule has 0 aliphatic carbocycles. The minimum atomic E-state index is 0.260. The molecule has 0 unspecified atom stereocenters. The van der Waals surface area contributed by atoms with Gasteiger partial charge in [0.1, 0.15) is 5.82 Å². The van der Waals surface area contributed by atoms with Crippen LogP contribution in [0.2, 0.25) is 0 Å². The fraction of sp³-hybridized carbons (Fsp3) is 0.750. The number of halogens is 1. The Balaban J connectivity index is 2.87. The molecule has 0 saturated heterocycles. The number of unbranched alkanes of at least 4 members (excludes halogenated alkanes) is 1. The number of anilines is 1. The first-order valence-corrected chi connectivity index (χ1v) is 6.93. The van der Waals surface area contributed by atoms with Gasteiger partial charge in [0.15, 0.2) is 0 Å². The Morgan fingerprint density at radius 2 is 2.00 bits per heavy atom. The van der Waals surface area contributed by atoms with Gasteiger partial charge >= 0.3 is 0 Å². The van der Waals surface area contributed by atoms with Crippen molar-refractivity contribution in [3.8, 4) is 0 Å². The minimum absolute atomic E-state index is 0.260. The Morgan fingerprint density at radius 1 is 1.38 bits per heavy atom. The third-order valence-corrected chi connectivity index (χ3v) is 3.59. The van der Waals surface area contributed by atoms with E-state index in [2.05, 4.69) is 55.4 Å². The molecular formula is C12H22IN3. The second-order valence-corrected chi connectivity index (χ2v) is 6.54. The van der Waals surface area contributed by atoms with E-state index in [9.17, 15) is 0 Å². The van der Waals surface area contributed by atoms with Crippen molar-refractivity contribution in [3.63, 3.8) is 0 Å². The summed E-state index contributed by atoms with van der Waals surface area (Å²) in [7, 11) is 0. The number of aromatic nitrogens is 2. The van der Waals surface area contributed by atoms with E-state index >= 15 is 0 Å². The van der Waals surface area contributed by atoms with Crippen molar-refractivity contribution in [2.75, 3.05) is 5.73 Å². The third kappa shape index (κ3) is 3.64. The lowest BCUT2D eigenvalue weighted by Gasteiger charge is -2.16. The van der Waals surface area contributed by atoms with Gasteiger partial charge in [-0.1, -0.05) is 34.1 Å². The molecular weight excluding hydrogens is 313 g/mol. The summed E-state index contributed by atoms with van der Waals surface area (Å²) in [5, 5.41) is 4.62. The van der Waals surface area contributed by atoms with Gasteiger partial charge in [-0.05, 0) is 40.8 Å². The molecule has 0 radical (unpaired) electrons. The fourth-order valence-corrected chi connectivity index (χ4v) is 2.18. The van der Waals surface area contributed by atoms with E-state index < -0.39 is 0 Å². The maximum Gasteiger partial charge on any atom is 0.135 e. The summed E-state index contributed by atoms with van der Waals surface area (Å²) in [4.78, 5) is 0. The van der Waals surface area contributed by atoms with Crippen LogP contribution in [-0.2, 0) is 13.0 Å². The van der Waals surface area contributed by atoms with Crippen molar-refractivity contribution in [1.29, 1.82) is 0 Å². The molecule has 0 aromatic carbocycles. The molecule has 3 nitrogen and oxygen atoms in total. The Labute approximate surface area is 112 Å². The average molecular weight is 335 g/mol. The van der Waals surface area contributed by atoms with Crippen LogP contribution >= 0.6 is 22.6 Å². The van der Waals surface area contributed by atoms with E-state index in [4.69, 9.17) is 5.73 Å². The molecule has 0 amide bonds. The highest BCUT2D eigenvalue weighted by atomic mass is 127. The zero-order valence-corrected chi connectivity index (χ0v) is 12.8. The van der Waals surface area contributed by atoms with Crippen molar-refractivity contribution in [2.45, 2.75) is 53.5 Å². The molecule has 4 heteroatoms. The van der Waals surface area contributed by atoms with E-state index in [1.165, 1.54) is 6.42 Å². The number of hydrogen-bond donors (Lipinski definition) is 1. The Kier molecular flexibility index (Phi) is 4.64. The predicted octanol–water partition coefficient (Wildman–Crippen LogP) is 3.46. The van der Waals surface area contributed by atoms with Crippen LogP contribution in [0.15, 0.2) is 0 Å². The van der Waals surface area contributed by atoms with Crippen LogP contribution in [0.4, 0.5) is 5.82 Å². The zero-order chi connectivity index (χ0) is 12.3. The van der Waals surface area contributed by atoms with Crippen molar-refractivity contribution >= 4 is 28.4 Å². The molecule has 16 heavy (non-hydrogen) atoms. The average Bonchev–Trinajstić information content (AvgIpc) is 2.41. The van der Waals surface area contributed by atoms with Gasteiger partial charge in [-0.15, -0.1) is 0 Å². The first kappa shape index (κ1) is 13.8. The molecule has 1 rings (SSSR count). The van der Waals surface area contributed by atoms with E-state index in [0.717, 1.165) is 34.5 Å². The smallest absolute Gasteiger partial charge is 0.135 e. The second-order valence-electron chi connectivity index (χ2n) is 5.46. The highest BCUT2D eigenvalue weighted by Gasteiger charge is 2.19. The molecule has 0 atom stereocenters. The van der Waals surface area contributed by atoms with Gasteiger partial charge in [0.2, 0.25) is 0 Å². The van der Waals surface area contributed by atoms with E-state index in [0.29, 0.717) is 0 Å². The van der Waals surface area contributed by atoms with Crippen LogP contribution in [0, 0.1) is 8.99 Å². The maximum atomic E-state index is 6.06. The van der Waals surface area contributed by atoms with E-state index in [1.807, 2.05) is 4.68 Å². The van der Waals surface area contributed by atoms with Gasteiger partial charge in [-0.25, -0.2) is 4.68 Å². The first-order chi connectivity index (χ1) is 7.35. The second kappa shape index (κ2) is 5.38.